The van der Waals surface area contributed by atoms with Crippen molar-refractivity contribution in [2.45, 2.75) is 6.92 Å². The van der Waals surface area contributed by atoms with Crippen molar-refractivity contribution in [3.05, 3.63) is 29.3 Å². The van der Waals surface area contributed by atoms with Gasteiger partial charge in [0.1, 0.15) is 0 Å². The van der Waals surface area contributed by atoms with Crippen molar-refractivity contribution in [2.75, 3.05) is 17.7 Å². The van der Waals surface area contributed by atoms with E-state index in [0.29, 0.717) is 12.3 Å². The van der Waals surface area contributed by atoms with Crippen LogP contribution in [0.2, 0.25) is 5.28 Å². The number of rotatable bonds is 4. The Morgan fingerprint density at radius 1 is 1.37 bits per heavy atom. The van der Waals surface area contributed by atoms with Gasteiger partial charge in [0.25, 0.3) is 0 Å². The van der Waals surface area contributed by atoms with E-state index in [1.807, 2.05) is 0 Å². The first-order valence-electron chi connectivity index (χ1n) is 5.45. The van der Waals surface area contributed by atoms with E-state index in [1.54, 1.807) is 13.0 Å². The van der Waals surface area contributed by atoms with Gasteiger partial charge in [0.2, 0.25) is 17.2 Å². The molecule has 1 aromatic heterocycles. The lowest BCUT2D eigenvalue weighted by atomic mass is 10.3. The monoisotopic (exact) mass is 283 g/mol. The van der Waals surface area contributed by atoms with Crippen LogP contribution in [-0.4, -0.2) is 21.6 Å². The molecule has 0 unspecified atom stereocenters. The first-order chi connectivity index (χ1) is 9.08. The molecular weight excluding hydrogens is 273 g/mol. The largest absolute Gasteiger partial charge is 0.491 e. The number of nitrogens with zero attached hydrogens (tertiary/aromatic N) is 3. The maximum Gasteiger partial charge on any atom is 0.233 e. The van der Waals surface area contributed by atoms with Crippen molar-refractivity contribution >= 4 is 29.2 Å². The van der Waals surface area contributed by atoms with E-state index in [4.69, 9.17) is 22.1 Å². The smallest absolute Gasteiger partial charge is 0.233 e. The Labute approximate surface area is 113 Å². The van der Waals surface area contributed by atoms with E-state index in [-0.39, 0.29) is 22.9 Å². The van der Waals surface area contributed by atoms with Crippen LogP contribution in [0.15, 0.2) is 18.2 Å². The zero-order valence-corrected chi connectivity index (χ0v) is 10.8. The fourth-order valence-electron chi connectivity index (χ4n) is 1.40. The van der Waals surface area contributed by atoms with Crippen LogP contribution < -0.4 is 15.8 Å². The molecule has 0 bridgehead atoms. The van der Waals surface area contributed by atoms with Gasteiger partial charge in [-0.1, -0.05) is 0 Å². The summed E-state index contributed by atoms with van der Waals surface area (Å²) in [5, 5.41) is 2.73. The molecular formula is C11H11ClFN5O. The highest BCUT2D eigenvalue weighted by Gasteiger charge is 2.07. The van der Waals surface area contributed by atoms with Gasteiger partial charge in [0.05, 0.1) is 6.61 Å². The summed E-state index contributed by atoms with van der Waals surface area (Å²) in [7, 11) is 0. The zero-order valence-electron chi connectivity index (χ0n) is 10.0. The van der Waals surface area contributed by atoms with E-state index in [0.717, 1.165) is 0 Å². The molecule has 2 aromatic rings. The fourth-order valence-corrected chi connectivity index (χ4v) is 1.57. The number of halogens is 2. The van der Waals surface area contributed by atoms with E-state index in [1.165, 1.54) is 12.1 Å². The third-order valence-electron chi connectivity index (χ3n) is 2.11. The Morgan fingerprint density at radius 3 is 2.79 bits per heavy atom. The Balaban J connectivity index is 2.21. The third kappa shape index (κ3) is 3.41. The normalized spacial score (nSPS) is 10.3. The molecule has 1 heterocycles. The maximum absolute atomic E-state index is 13.6. The molecule has 0 aliphatic heterocycles. The second-order valence-corrected chi connectivity index (χ2v) is 3.83. The lowest BCUT2D eigenvalue weighted by Gasteiger charge is -2.08. The van der Waals surface area contributed by atoms with Gasteiger partial charge < -0.3 is 15.8 Å². The van der Waals surface area contributed by atoms with Crippen LogP contribution in [0.3, 0.4) is 0 Å². The fraction of sp³-hybridized carbons (Fsp3) is 0.182. The average Bonchev–Trinajstić information content (AvgIpc) is 2.31. The molecule has 1 aromatic carbocycles. The van der Waals surface area contributed by atoms with Crippen molar-refractivity contribution in [3.63, 3.8) is 0 Å². The van der Waals surface area contributed by atoms with Gasteiger partial charge in [-0.15, -0.1) is 0 Å². The van der Waals surface area contributed by atoms with E-state index in [9.17, 15) is 4.39 Å². The molecule has 0 aliphatic rings. The van der Waals surface area contributed by atoms with Crippen molar-refractivity contribution < 1.29 is 9.13 Å². The summed E-state index contributed by atoms with van der Waals surface area (Å²) in [5.41, 5.74) is 5.87. The summed E-state index contributed by atoms with van der Waals surface area (Å²) in [6, 6.07) is 4.40. The lowest BCUT2D eigenvalue weighted by molar-refractivity contribution is 0.321. The average molecular weight is 284 g/mol. The molecule has 6 nitrogen and oxygen atoms in total. The molecule has 100 valence electrons. The highest BCUT2D eigenvalue weighted by Crippen LogP contribution is 2.23. The minimum absolute atomic E-state index is 0.0195. The first-order valence-corrected chi connectivity index (χ1v) is 5.82. The van der Waals surface area contributed by atoms with Crippen LogP contribution in [0.4, 0.5) is 22.0 Å². The molecule has 0 fully saturated rings. The van der Waals surface area contributed by atoms with Gasteiger partial charge >= 0.3 is 0 Å². The molecule has 0 aliphatic carbocycles. The SMILES string of the molecule is CCOc1ccc(Nc2nc(N)nc(Cl)n2)cc1F. The molecule has 8 heteroatoms. The van der Waals surface area contributed by atoms with Crippen molar-refractivity contribution in [2.24, 2.45) is 0 Å². The van der Waals surface area contributed by atoms with Crippen molar-refractivity contribution in [1.29, 1.82) is 0 Å². The number of nitrogens with two attached hydrogens (primary N) is 1. The van der Waals surface area contributed by atoms with E-state index in [2.05, 4.69) is 20.3 Å². The van der Waals surface area contributed by atoms with Crippen LogP contribution in [0.5, 0.6) is 5.75 Å². The van der Waals surface area contributed by atoms with Gasteiger partial charge in [-0.2, -0.15) is 15.0 Å². The van der Waals surface area contributed by atoms with Gasteiger partial charge in [0, 0.05) is 11.8 Å². The Hall–Kier alpha value is -2.15. The summed E-state index contributed by atoms with van der Waals surface area (Å²) in [6.45, 7) is 2.17. The number of nitrogen functional groups attached to an aromatic ring is 1. The number of hydrogen-bond donors (Lipinski definition) is 2. The standard InChI is InChI=1S/C11H11ClFN5O/c1-2-19-8-4-3-6(5-7(8)13)15-11-17-9(12)16-10(14)18-11/h3-5H,2H2,1H3,(H3,14,15,16,17,18). The molecule has 3 N–H and O–H groups in total. The second kappa shape index (κ2) is 5.66. The highest BCUT2D eigenvalue weighted by molar-refractivity contribution is 6.28. The number of aromatic nitrogens is 3. The molecule has 0 spiro atoms. The molecule has 0 saturated carbocycles. The number of benzene rings is 1. The summed E-state index contributed by atoms with van der Waals surface area (Å²) < 4.78 is 18.7. The van der Waals surface area contributed by atoms with Gasteiger partial charge in [-0.05, 0) is 30.7 Å². The summed E-state index contributed by atoms with van der Waals surface area (Å²) in [6.07, 6.45) is 0. The number of hydrogen-bond acceptors (Lipinski definition) is 6. The molecule has 2 rings (SSSR count). The topological polar surface area (TPSA) is 86.0 Å². The Bertz CT molecular complexity index is 575. The summed E-state index contributed by atoms with van der Waals surface area (Å²) >= 11 is 5.64. The van der Waals surface area contributed by atoms with Gasteiger partial charge in [-0.3, -0.25) is 0 Å². The zero-order chi connectivity index (χ0) is 13.8. The first kappa shape index (κ1) is 13.3. The van der Waals surface area contributed by atoms with E-state index < -0.39 is 5.82 Å². The predicted molar refractivity (Wildman–Crippen MR) is 70.1 cm³/mol. The van der Waals surface area contributed by atoms with Gasteiger partial charge in [0.15, 0.2) is 11.6 Å². The minimum atomic E-state index is -0.486. The maximum atomic E-state index is 13.6. The third-order valence-corrected chi connectivity index (χ3v) is 2.28. The van der Waals surface area contributed by atoms with Crippen LogP contribution >= 0.6 is 11.6 Å². The van der Waals surface area contributed by atoms with Crippen LogP contribution in [0.25, 0.3) is 0 Å². The molecule has 0 saturated heterocycles. The second-order valence-electron chi connectivity index (χ2n) is 3.49. The number of anilines is 3. The van der Waals surface area contributed by atoms with Crippen LogP contribution in [-0.2, 0) is 0 Å². The minimum Gasteiger partial charge on any atom is -0.491 e. The molecule has 19 heavy (non-hydrogen) atoms. The summed E-state index contributed by atoms with van der Waals surface area (Å²) in [4.78, 5) is 11.3. The summed E-state index contributed by atoms with van der Waals surface area (Å²) in [5.74, 6) is -0.184. The van der Waals surface area contributed by atoms with E-state index >= 15 is 0 Å². The predicted octanol–water partition coefficient (Wildman–Crippen LogP) is 2.39. The lowest BCUT2D eigenvalue weighted by Crippen LogP contribution is -2.03. The highest BCUT2D eigenvalue weighted by atomic mass is 35.5. The number of nitrogens with one attached hydrogen (secondary N) is 1. The molecule has 0 radical (unpaired) electrons. The number of ether oxygens (including phenoxy) is 1. The molecule has 0 atom stereocenters. The van der Waals surface area contributed by atoms with Crippen LogP contribution in [0.1, 0.15) is 6.92 Å². The Morgan fingerprint density at radius 2 is 2.16 bits per heavy atom. The van der Waals surface area contributed by atoms with Gasteiger partial charge in [-0.25, -0.2) is 4.39 Å². The van der Waals surface area contributed by atoms with Crippen molar-refractivity contribution in [3.8, 4) is 5.75 Å². The van der Waals surface area contributed by atoms with Crippen LogP contribution in [0, 0.1) is 5.82 Å². The molecule has 0 amide bonds. The quantitative estimate of drug-likeness (QED) is 0.896. The Kier molecular flexibility index (Phi) is 3.96. The van der Waals surface area contributed by atoms with Crippen molar-refractivity contribution in [1.82, 2.24) is 15.0 Å².